The van der Waals surface area contributed by atoms with E-state index in [1.807, 2.05) is 6.92 Å². The molecular weight excluding hydrogens is 382 g/mol. The molecule has 9 nitrogen and oxygen atoms in total. The van der Waals surface area contributed by atoms with Crippen molar-refractivity contribution in [3.05, 3.63) is 44.6 Å². The number of hydrogen-bond donors (Lipinski definition) is 1. The van der Waals surface area contributed by atoms with Crippen LogP contribution in [0, 0.1) is 10.1 Å². The van der Waals surface area contributed by atoms with Gasteiger partial charge in [-0.1, -0.05) is 6.92 Å². The lowest BCUT2D eigenvalue weighted by Gasteiger charge is -2.30. The van der Waals surface area contributed by atoms with Crippen molar-refractivity contribution in [2.45, 2.75) is 37.8 Å². The van der Waals surface area contributed by atoms with Crippen LogP contribution in [0.3, 0.4) is 0 Å². The second kappa shape index (κ2) is 8.87. The zero-order valence-corrected chi connectivity index (χ0v) is 16.2. The highest BCUT2D eigenvalue weighted by Gasteiger charge is 2.18. The number of nitrogens with zero attached hydrogens (tertiary/aromatic N) is 4. The first kappa shape index (κ1) is 19.9. The van der Waals surface area contributed by atoms with Crippen LogP contribution in [0.5, 0.6) is 0 Å². The van der Waals surface area contributed by atoms with Crippen molar-refractivity contribution in [3.8, 4) is 0 Å². The van der Waals surface area contributed by atoms with Crippen molar-refractivity contribution in [1.82, 2.24) is 15.2 Å². The number of anilines is 1. The molecule has 1 saturated heterocycles. The Bertz CT molecular complexity index is 905. The van der Waals surface area contributed by atoms with E-state index in [1.54, 1.807) is 6.07 Å². The summed E-state index contributed by atoms with van der Waals surface area (Å²) in [6.45, 7) is 3.55. The van der Waals surface area contributed by atoms with Gasteiger partial charge in [0.15, 0.2) is 0 Å². The van der Waals surface area contributed by atoms with Gasteiger partial charge in [0.05, 0.1) is 10.9 Å². The lowest BCUT2D eigenvalue weighted by Crippen LogP contribution is -2.30. The third-order valence-electron chi connectivity index (χ3n) is 4.45. The largest absolute Gasteiger partial charge is 0.544 e. The number of rotatable bonds is 7. The van der Waals surface area contributed by atoms with Gasteiger partial charge in [-0.05, 0) is 43.2 Å². The molecule has 1 aromatic carbocycles. The first-order valence-corrected chi connectivity index (χ1v) is 9.85. The summed E-state index contributed by atoms with van der Waals surface area (Å²) in [4.78, 5) is 28.6. The van der Waals surface area contributed by atoms with Gasteiger partial charge in [-0.2, -0.15) is 0 Å². The summed E-state index contributed by atoms with van der Waals surface area (Å²) in [6, 6.07) is 4.51. The number of nitrogens with one attached hydrogen (secondary N) is 1. The number of piperidine rings is 1. The Morgan fingerprint density at radius 1 is 1.36 bits per heavy atom. The molecule has 10 heteroatoms. The molecule has 0 amide bonds. The van der Waals surface area contributed by atoms with E-state index < -0.39 is 10.9 Å². The first-order valence-electron chi connectivity index (χ1n) is 9.03. The van der Waals surface area contributed by atoms with Gasteiger partial charge in [-0.25, -0.2) is 4.98 Å². The summed E-state index contributed by atoms with van der Waals surface area (Å²) in [5.74, 6) is -0.742. The van der Waals surface area contributed by atoms with E-state index in [0.717, 1.165) is 49.8 Å². The molecule has 0 unspecified atom stereocenters. The van der Waals surface area contributed by atoms with E-state index in [9.17, 15) is 20.0 Å². The Morgan fingerprint density at radius 3 is 2.71 bits per heavy atom. The van der Waals surface area contributed by atoms with Crippen molar-refractivity contribution < 1.29 is 14.8 Å². The highest BCUT2D eigenvalue weighted by molar-refractivity contribution is 8.04. The summed E-state index contributed by atoms with van der Waals surface area (Å²) in [5, 5.41) is 29.9. The molecular formula is C18H20N5O4S-. The van der Waals surface area contributed by atoms with Crippen molar-refractivity contribution in [2.24, 2.45) is 0 Å². The van der Waals surface area contributed by atoms with E-state index in [4.69, 9.17) is 0 Å². The smallest absolute Gasteiger partial charge is 0.270 e. The third kappa shape index (κ3) is 4.69. The monoisotopic (exact) mass is 402 g/mol. The summed E-state index contributed by atoms with van der Waals surface area (Å²) >= 11 is 0.855. The van der Waals surface area contributed by atoms with E-state index >= 15 is 0 Å². The number of aromatic nitrogens is 3. The maximum absolute atomic E-state index is 11.7. The number of non-ortho nitro benzene ring substituents is 1. The van der Waals surface area contributed by atoms with Crippen LogP contribution in [0.2, 0.25) is 0 Å². The number of carboxylic acids is 1. The molecule has 0 radical (unpaired) electrons. The minimum atomic E-state index is -1.39. The van der Waals surface area contributed by atoms with E-state index in [1.165, 1.54) is 18.2 Å². The molecule has 1 aliphatic rings. The molecule has 1 fully saturated rings. The molecule has 28 heavy (non-hydrogen) atoms. The van der Waals surface area contributed by atoms with E-state index in [0.29, 0.717) is 17.8 Å². The van der Waals surface area contributed by atoms with Gasteiger partial charge in [0.2, 0.25) is 5.16 Å². The molecule has 0 aliphatic carbocycles. The van der Waals surface area contributed by atoms with Crippen LogP contribution < -0.4 is 10.0 Å². The van der Waals surface area contributed by atoms with Crippen LogP contribution in [0.25, 0.3) is 6.08 Å². The standard InChI is InChI=1S/C18H21N5O4S/c1-2-16-19-18(21-20-16)28-15(17(24)25)11-12-10-13(23(26)27)6-7-14(12)22-8-4-3-5-9-22/h6-7,10-11H,2-5,8-9H2,1H3,(H,24,25)(H,19,20,21)/p-1/b15-11+. The molecule has 0 saturated carbocycles. The van der Waals surface area contributed by atoms with Gasteiger partial charge in [-0.3, -0.25) is 15.2 Å². The number of nitro benzene ring substituents is 1. The Labute approximate surface area is 166 Å². The topological polar surface area (TPSA) is 128 Å². The Kier molecular flexibility index (Phi) is 6.30. The van der Waals surface area contributed by atoms with Crippen LogP contribution in [-0.2, 0) is 11.2 Å². The highest BCUT2D eigenvalue weighted by Crippen LogP contribution is 2.32. The average Bonchev–Trinajstić information content (AvgIpc) is 3.15. The van der Waals surface area contributed by atoms with Gasteiger partial charge in [0.1, 0.15) is 5.82 Å². The van der Waals surface area contributed by atoms with Crippen molar-refractivity contribution in [1.29, 1.82) is 0 Å². The van der Waals surface area contributed by atoms with Crippen LogP contribution in [-0.4, -0.2) is 39.2 Å². The number of aryl methyl sites for hydroxylation is 1. The number of aromatic amines is 1. The Balaban J connectivity index is 1.99. The summed E-state index contributed by atoms with van der Waals surface area (Å²) in [6.07, 6.45) is 5.23. The van der Waals surface area contributed by atoms with E-state index in [-0.39, 0.29) is 15.7 Å². The third-order valence-corrected chi connectivity index (χ3v) is 5.32. The molecule has 0 atom stereocenters. The first-order chi connectivity index (χ1) is 13.5. The van der Waals surface area contributed by atoms with Gasteiger partial charge >= 0.3 is 0 Å². The molecule has 3 rings (SSSR count). The summed E-state index contributed by atoms with van der Waals surface area (Å²) < 4.78 is 0. The van der Waals surface area contributed by atoms with Gasteiger partial charge in [0.25, 0.3) is 5.69 Å². The number of carbonyl (C=O) groups is 1. The Hall–Kier alpha value is -2.88. The van der Waals surface area contributed by atoms with E-state index in [2.05, 4.69) is 20.1 Å². The van der Waals surface area contributed by atoms with Crippen molar-refractivity contribution in [2.75, 3.05) is 18.0 Å². The lowest BCUT2D eigenvalue weighted by atomic mass is 10.1. The molecule has 1 aromatic heterocycles. The van der Waals surface area contributed by atoms with Crippen LogP contribution in [0.1, 0.15) is 37.6 Å². The average molecular weight is 402 g/mol. The number of thioether (sulfide) groups is 1. The van der Waals surface area contributed by atoms with Crippen LogP contribution >= 0.6 is 11.8 Å². The Morgan fingerprint density at radius 2 is 2.11 bits per heavy atom. The zero-order valence-electron chi connectivity index (χ0n) is 15.4. The number of carboxylic acid groups (broad SMARTS) is 1. The maximum Gasteiger partial charge on any atom is 0.270 e. The minimum Gasteiger partial charge on any atom is -0.544 e. The van der Waals surface area contributed by atoms with Crippen LogP contribution in [0.4, 0.5) is 11.4 Å². The normalized spacial score (nSPS) is 14.9. The fourth-order valence-corrected chi connectivity index (χ4v) is 3.76. The summed E-state index contributed by atoms with van der Waals surface area (Å²) in [5.41, 5.74) is 1.14. The SMILES string of the molecule is CCc1nc(S/C(=C/c2cc([N+](=O)[O-])ccc2N2CCCCC2)C(=O)[O-])n[nH]1. The number of H-pyrrole nitrogens is 1. The highest BCUT2D eigenvalue weighted by atomic mass is 32.2. The quantitative estimate of drug-likeness (QED) is 0.323. The van der Waals surface area contributed by atoms with Crippen molar-refractivity contribution in [3.63, 3.8) is 0 Å². The number of aliphatic carboxylic acids is 1. The fraction of sp³-hybridized carbons (Fsp3) is 0.389. The predicted octanol–water partition coefficient (Wildman–Crippen LogP) is 2.15. The molecule has 0 bridgehead atoms. The lowest BCUT2D eigenvalue weighted by molar-refractivity contribution is -0.384. The maximum atomic E-state index is 11.7. The minimum absolute atomic E-state index is 0.0964. The predicted molar refractivity (Wildman–Crippen MR) is 104 cm³/mol. The molecule has 148 valence electrons. The number of benzene rings is 1. The molecule has 1 N–H and O–H groups in total. The molecule has 2 heterocycles. The number of hydrogen-bond acceptors (Lipinski definition) is 8. The second-order valence-corrected chi connectivity index (χ2v) is 7.37. The fourth-order valence-electron chi connectivity index (χ4n) is 3.05. The number of carbonyl (C=O) groups excluding carboxylic acids is 1. The molecule has 2 aromatic rings. The molecule has 1 aliphatic heterocycles. The van der Waals surface area contributed by atoms with Gasteiger partial charge in [-0.15, -0.1) is 5.10 Å². The molecule has 0 spiro atoms. The second-order valence-electron chi connectivity index (χ2n) is 6.36. The zero-order chi connectivity index (χ0) is 20.1. The number of nitro groups is 1. The van der Waals surface area contributed by atoms with Gasteiger partial charge in [0, 0.05) is 47.8 Å². The van der Waals surface area contributed by atoms with Crippen molar-refractivity contribution >= 4 is 35.2 Å². The van der Waals surface area contributed by atoms with Crippen LogP contribution in [0.15, 0.2) is 28.3 Å². The van der Waals surface area contributed by atoms with Gasteiger partial charge < -0.3 is 14.8 Å². The summed E-state index contributed by atoms with van der Waals surface area (Å²) in [7, 11) is 0.